The highest BCUT2D eigenvalue weighted by atomic mass is 16.6. The highest BCUT2D eigenvalue weighted by molar-refractivity contribution is 5.91. The molecule has 0 radical (unpaired) electrons. The van der Waals surface area contributed by atoms with Gasteiger partial charge in [-0.15, -0.1) is 0 Å². The molecule has 1 atom stereocenters. The molecule has 2 amide bonds. The Balaban J connectivity index is 1.92. The van der Waals surface area contributed by atoms with E-state index >= 15 is 0 Å². The second kappa shape index (κ2) is 10.7. The van der Waals surface area contributed by atoms with Gasteiger partial charge in [0.15, 0.2) is 0 Å². The van der Waals surface area contributed by atoms with Gasteiger partial charge in [-0.2, -0.15) is 0 Å². The number of phenols is 1. The van der Waals surface area contributed by atoms with Crippen LogP contribution >= 0.6 is 0 Å². The van der Waals surface area contributed by atoms with Crippen molar-refractivity contribution < 1.29 is 24.6 Å². The molecule has 0 saturated heterocycles. The first-order chi connectivity index (χ1) is 15.8. The van der Waals surface area contributed by atoms with Crippen LogP contribution in [0.5, 0.6) is 5.75 Å². The number of ether oxygens (including phenoxy) is 1. The van der Waals surface area contributed by atoms with E-state index in [-0.39, 0.29) is 5.75 Å². The van der Waals surface area contributed by atoms with E-state index < -0.39 is 23.5 Å². The van der Waals surface area contributed by atoms with E-state index in [1.54, 1.807) is 35.8 Å². The minimum Gasteiger partial charge on any atom is -0.507 e. The van der Waals surface area contributed by atoms with Crippen LogP contribution in [0.2, 0.25) is 0 Å². The van der Waals surface area contributed by atoms with Gasteiger partial charge in [-0.3, -0.25) is 15.3 Å². The van der Waals surface area contributed by atoms with Crippen molar-refractivity contribution in [2.75, 3.05) is 5.32 Å². The van der Waals surface area contributed by atoms with E-state index in [0.29, 0.717) is 23.9 Å². The fourth-order valence-electron chi connectivity index (χ4n) is 3.77. The van der Waals surface area contributed by atoms with E-state index in [1.807, 2.05) is 56.3 Å². The van der Waals surface area contributed by atoms with E-state index in [1.165, 1.54) is 6.08 Å². The Bertz CT molecular complexity index is 1140. The standard InChI is InChI=1S/C26H28N2O5/c1-26(2,17-9-8-14-23(30)28-32)24(33-25(31)27-18-10-4-3-5-11-18)21-15-16-22(29)20-13-7-6-12-19(20)21/h3-8,10-16,24,29,32H,9,17H2,1-2H3,(H,27,31)(H,28,30)/b14-8+/t24-/m1/s1. The summed E-state index contributed by atoms with van der Waals surface area (Å²) in [6, 6.07) is 19.8. The molecule has 0 fully saturated rings. The Morgan fingerprint density at radius 2 is 1.67 bits per heavy atom. The third kappa shape index (κ3) is 6.11. The molecule has 0 aliphatic rings. The van der Waals surface area contributed by atoms with E-state index in [4.69, 9.17) is 9.94 Å². The topological polar surface area (TPSA) is 108 Å². The van der Waals surface area contributed by atoms with Crippen molar-refractivity contribution in [3.8, 4) is 5.75 Å². The van der Waals surface area contributed by atoms with Gasteiger partial charge in [0, 0.05) is 28.1 Å². The number of hydrogen-bond donors (Lipinski definition) is 4. The first-order valence-corrected chi connectivity index (χ1v) is 10.7. The minimum absolute atomic E-state index is 0.151. The summed E-state index contributed by atoms with van der Waals surface area (Å²) in [5.74, 6) is -0.454. The number of fused-ring (bicyclic) bond motifs is 1. The normalized spacial score (nSPS) is 12.5. The molecular formula is C26H28N2O5. The van der Waals surface area contributed by atoms with Crippen LogP contribution in [0.25, 0.3) is 10.8 Å². The second-order valence-electron chi connectivity index (χ2n) is 8.40. The molecule has 0 spiro atoms. The predicted octanol–water partition coefficient (Wildman–Crippen LogP) is 5.70. The molecule has 0 heterocycles. The van der Waals surface area contributed by atoms with Crippen LogP contribution in [0, 0.1) is 5.41 Å². The van der Waals surface area contributed by atoms with Crippen molar-refractivity contribution in [1.82, 2.24) is 5.48 Å². The maximum atomic E-state index is 12.8. The fourth-order valence-corrected chi connectivity index (χ4v) is 3.77. The maximum Gasteiger partial charge on any atom is 0.412 e. The molecular weight excluding hydrogens is 420 g/mol. The van der Waals surface area contributed by atoms with Crippen LogP contribution in [0.15, 0.2) is 78.9 Å². The van der Waals surface area contributed by atoms with Crippen LogP contribution in [0.3, 0.4) is 0 Å². The number of anilines is 1. The monoisotopic (exact) mass is 448 g/mol. The summed E-state index contributed by atoms with van der Waals surface area (Å²) in [6.07, 6.45) is 2.78. The average Bonchev–Trinajstić information content (AvgIpc) is 2.81. The van der Waals surface area contributed by atoms with Gasteiger partial charge >= 0.3 is 6.09 Å². The van der Waals surface area contributed by atoms with Crippen LogP contribution in [-0.4, -0.2) is 22.3 Å². The van der Waals surface area contributed by atoms with Gasteiger partial charge in [0.25, 0.3) is 5.91 Å². The molecule has 0 saturated carbocycles. The maximum absolute atomic E-state index is 12.8. The van der Waals surface area contributed by atoms with Crippen molar-refractivity contribution >= 4 is 28.5 Å². The van der Waals surface area contributed by atoms with E-state index in [2.05, 4.69) is 5.32 Å². The molecule has 3 aromatic rings. The lowest BCUT2D eigenvalue weighted by molar-refractivity contribution is -0.124. The molecule has 7 nitrogen and oxygen atoms in total. The zero-order valence-electron chi connectivity index (χ0n) is 18.6. The van der Waals surface area contributed by atoms with Crippen molar-refractivity contribution in [3.63, 3.8) is 0 Å². The summed E-state index contributed by atoms with van der Waals surface area (Å²) >= 11 is 0. The highest BCUT2D eigenvalue weighted by Gasteiger charge is 2.35. The lowest BCUT2D eigenvalue weighted by Crippen LogP contribution is -2.29. The number of rotatable bonds is 8. The molecule has 0 bridgehead atoms. The van der Waals surface area contributed by atoms with Crippen LogP contribution in [-0.2, 0) is 9.53 Å². The van der Waals surface area contributed by atoms with E-state index in [0.717, 1.165) is 10.9 Å². The smallest absolute Gasteiger partial charge is 0.412 e. The summed E-state index contributed by atoms with van der Waals surface area (Å²) in [4.78, 5) is 24.1. The molecule has 0 aliphatic heterocycles. The second-order valence-corrected chi connectivity index (χ2v) is 8.40. The summed E-state index contributed by atoms with van der Waals surface area (Å²) in [7, 11) is 0. The fraction of sp³-hybridized carbons (Fsp3) is 0.231. The van der Waals surface area contributed by atoms with Crippen molar-refractivity contribution in [2.45, 2.75) is 32.8 Å². The quantitative estimate of drug-likeness (QED) is 0.201. The summed E-state index contributed by atoms with van der Waals surface area (Å²) < 4.78 is 5.98. The van der Waals surface area contributed by atoms with Gasteiger partial charge in [0.05, 0.1) is 0 Å². The number of aromatic hydroxyl groups is 1. The zero-order chi connectivity index (χ0) is 23.8. The minimum atomic E-state index is -0.646. The largest absolute Gasteiger partial charge is 0.507 e. The summed E-state index contributed by atoms with van der Waals surface area (Å²) in [6.45, 7) is 3.96. The number of phenolic OH excluding ortho intramolecular Hbond substituents is 1. The third-order valence-corrected chi connectivity index (χ3v) is 5.51. The first kappa shape index (κ1) is 23.8. The molecule has 7 heteroatoms. The Hall–Kier alpha value is -3.84. The van der Waals surface area contributed by atoms with Crippen LogP contribution < -0.4 is 10.8 Å². The molecule has 4 N–H and O–H groups in total. The lowest BCUT2D eigenvalue weighted by atomic mass is 9.77. The highest BCUT2D eigenvalue weighted by Crippen LogP contribution is 2.44. The lowest BCUT2D eigenvalue weighted by Gasteiger charge is -2.35. The van der Waals surface area contributed by atoms with Gasteiger partial charge < -0.3 is 9.84 Å². The molecule has 0 aliphatic carbocycles. The Kier molecular flexibility index (Phi) is 7.69. The summed E-state index contributed by atoms with van der Waals surface area (Å²) in [5.41, 5.74) is 2.41. The third-order valence-electron chi connectivity index (χ3n) is 5.51. The number of amides is 2. The Morgan fingerprint density at radius 3 is 2.36 bits per heavy atom. The number of hydrogen-bond acceptors (Lipinski definition) is 5. The van der Waals surface area contributed by atoms with Crippen molar-refractivity contribution in [3.05, 3.63) is 84.4 Å². The van der Waals surface area contributed by atoms with Gasteiger partial charge in [0.1, 0.15) is 11.9 Å². The number of carbonyl (C=O) groups excluding carboxylic acids is 2. The Morgan fingerprint density at radius 1 is 1.00 bits per heavy atom. The van der Waals surface area contributed by atoms with Gasteiger partial charge in [-0.25, -0.2) is 10.3 Å². The predicted molar refractivity (Wildman–Crippen MR) is 127 cm³/mol. The van der Waals surface area contributed by atoms with Crippen molar-refractivity contribution in [2.24, 2.45) is 5.41 Å². The number of carbonyl (C=O) groups is 2. The molecule has 172 valence electrons. The van der Waals surface area contributed by atoms with Gasteiger partial charge in [0.2, 0.25) is 0 Å². The van der Waals surface area contributed by atoms with E-state index in [9.17, 15) is 14.7 Å². The molecule has 3 aromatic carbocycles. The average molecular weight is 449 g/mol. The number of allylic oxidation sites excluding steroid dienone is 1. The van der Waals surface area contributed by atoms with Crippen LogP contribution in [0.4, 0.5) is 10.5 Å². The number of para-hydroxylation sites is 1. The molecule has 0 aromatic heterocycles. The van der Waals surface area contributed by atoms with Crippen molar-refractivity contribution in [1.29, 1.82) is 0 Å². The number of nitrogens with one attached hydrogen (secondary N) is 2. The number of hydroxylamine groups is 1. The van der Waals surface area contributed by atoms with Gasteiger partial charge in [-0.1, -0.05) is 68.5 Å². The molecule has 0 unspecified atom stereocenters. The SMILES string of the molecule is CC(C)(CC/C=C/C(=O)NO)[C@H](OC(=O)Nc1ccccc1)c1ccc(O)c2ccccc12. The summed E-state index contributed by atoms with van der Waals surface area (Å²) in [5, 5.41) is 23.2. The number of benzene rings is 3. The molecule has 3 rings (SSSR count). The Labute approximate surface area is 192 Å². The first-order valence-electron chi connectivity index (χ1n) is 10.7. The zero-order valence-corrected chi connectivity index (χ0v) is 18.6. The molecule has 33 heavy (non-hydrogen) atoms. The van der Waals surface area contributed by atoms with Gasteiger partial charge in [-0.05, 0) is 36.4 Å². The van der Waals surface area contributed by atoms with Crippen LogP contribution in [0.1, 0.15) is 38.4 Å².